The summed E-state index contributed by atoms with van der Waals surface area (Å²) in [6.07, 6.45) is 0.134. The van der Waals surface area contributed by atoms with E-state index in [9.17, 15) is 4.79 Å². The Balaban J connectivity index is 2.52. The molecule has 1 aromatic rings. The Morgan fingerprint density at radius 1 is 1.41 bits per heavy atom. The molecular formula is C14H16O2Se. The van der Waals surface area contributed by atoms with Gasteiger partial charge in [-0.1, -0.05) is 0 Å². The zero-order valence-electron chi connectivity index (χ0n) is 10.1. The first-order chi connectivity index (χ1) is 8.22. The molecule has 0 aromatic heterocycles. The van der Waals surface area contributed by atoms with Crippen molar-refractivity contribution in [3.63, 3.8) is 0 Å². The van der Waals surface area contributed by atoms with E-state index in [-0.39, 0.29) is 26.8 Å². The number of carbonyl (C=O) groups is 1. The summed E-state index contributed by atoms with van der Waals surface area (Å²) in [6.45, 7) is 4.07. The van der Waals surface area contributed by atoms with E-state index in [0.717, 1.165) is 0 Å². The summed E-state index contributed by atoms with van der Waals surface area (Å²) < 4.78 is 6.65. The van der Waals surface area contributed by atoms with Crippen molar-refractivity contribution in [3.05, 3.63) is 30.3 Å². The monoisotopic (exact) mass is 296 g/mol. The van der Waals surface area contributed by atoms with Crippen LogP contribution in [-0.4, -0.2) is 33.5 Å². The predicted octanol–water partition coefficient (Wildman–Crippen LogP) is 1.36. The van der Waals surface area contributed by atoms with Crippen molar-refractivity contribution < 1.29 is 9.53 Å². The van der Waals surface area contributed by atoms with Crippen LogP contribution in [0.15, 0.2) is 30.3 Å². The van der Waals surface area contributed by atoms with E-state index < -0.39 is 0 Å². The molecule has 0 saturated heterocycles. The van der Waals surface area contributed by atoms with Gasteiger partial charge in [0.05, 0.1) is 0 Å². The van der Waals surface area contributed by atoms with Gasteiger partial charge < -0.3 is 0 Å². The Morgan fingerprint density at radius 3 is 2.71 bits per heavy atom. The van der Waals surface area contributed by atoms with Crippen LogP contribution in [0.3, 0.4) is 0 Å². The van der Waals surface area contributed by atoms with Gasteiger partial charge in [0, 0.05) is 0 Å². The van der Waals surface area contributed by atoms with Crippen LogP contribution in [0, 0.1) is 10.7 Å². The number of hydrogen-bond donors (Lipinski definition) is 0. The van der Waals surface area contributed by atoms with Gasteiger partial charge in [0.15, 0.2) is 0 Å². The van der Waals surface area contributed by atoms with Crippen LogP contribution >= 0.6 is 0 Å². The molecule has 1 atom stereocenters. The van der Waals surface area contributed by atoms with Crippen LogP contribution in [0.1, 0.15) is 20.3 Å². The molecule has 0 amide bonds. The maximum atomic E-state index is 11.0. The van der Waals surface area contributed by atoms with Gasteiger partial charge in [0.25, 0.3) is 0 Å². The van der Waals surface area contributed by atoms with Crippen LogP contribution in [0.4, 0.5) is 0 Å². The first-order valence-electron chi connectivity index (χ1n) is 5.56. The molecule has 0 heterocycles. The average Bonchev–Trinajstić information content (AvgIpc) is 2.30. The van der Waals surface area contributed by atoms with E-state index in [2.05, 4.69) is 22.9 Å². The van der Waals surface area contributed by atoms with E-state index in [1.54, 1.807) is 6.92 Å². The van der Waals surface area contributed by atoms with Gasteiger partial charge in [-0.25, -0.2) is 0 Å². The second-order valence-electron chi connectivity index (χ2n) is 3.51. The molecule has 0 aliphatic rings. The molecule has 0 N–H and O–H groups in total. The van der Waals surface area contributed by atoms with E-state index in [1.165, 1.54) is 4.46 Å². The van der Waals surface area contributed by atoms with Crippen LogP contribution in [-0.2, 0) is 9.53 Å². The van der Waals surface area contributed by atoms with E-state index in [1.807, 2.05) is 25.1 Å². The molecule has 90 valence electrons. The number of rotatable bonds is 5. The van der Waals surface area contributed by atoms with Crippen molar-refractivity contribution in [2.24, 2.45) is 0 Å². The summed E-state index contributed by atoms with van der Waals surface area (Å²) in [6, 6.07) is 10.1. The van der Waals surface area contributed by atoms with Crippen LogP contribution in [0.5, 0.6) is 0 Å². The molecule has 1 unspecified atom stereocenters. The number of benzene rings is 1. The maximum absolute atomic E-state index is 11.0. The fourth-order valence-corrected chi connectivity index (χ4v) is 2.52. The number of ether oxygens (including phenoxy) is 1. The van der Waals surface area contributed by atoms with Crippen LogP contribution in [0.25, 0.3) is 0 Å². The van der Waals surface area contributed by atoms with Gasteiger partial charge in [-0.15, -0.1) is 0 Å². The molecule has 0 aliphatic heterocycles. The Labute approximate surface area is 109 Å². The molecule has 3 heteroatoms. The predicted molar refractivity (Wildman–Crippen MR) is 70.3 cm³/mol. The Kier molecular flexibility index (Phi) is 6.65. The van der Waals surface area contributed by atoms with Crippen LogP contribution < -0.4 is 4.46 Å². The second kappa shape index (κ2) is 8.08. The molecule has 0 fully saturated rings. The number of Topliss-reactive ketones (excluding diaryl/α,β-unsaturated/α-hetero) is 1. The Bertz CT molecular complexity index is 403. The molecule has 0 aliphatic carbocycles. The van der Waals surface area contributed by atoms with Crippen molar-refractivity contribution in [3.8, 4) is 10.7 Å². The fourth-order valence-electron chi connectivity index (χ4n) is 1.26. The normalized spacial score (nSPS) is 11.4. The number of hydrogen-bond acceptors (Lipinski definition) is 2. The standard InChI is InChI=1S/C14H16O2Se/c1-3-16-13(11-12(2)15)9-10-17-14-7-5-4-6-8-14/h4-8,13H,3,11H2,1-2H3. The Hall–Kier alpha value is -1.07. The van der Waals surface area contributed by atoms with Crippen LogP contribution in [0.2, 0.25) is 0 Å². The molecule has 0 radical (unpaired) electrons. The van der Waals surface area contributed by atoms with Gasteiger partial charge >= 0.3 is 109 Å². The minimum atomic E-state index is -0.247. The first kappa shape index (κ1) is 14.0. The molecule has 0 bridgehead atoms. The Morgan fingerprint density at radius 2 is 2.12 bits per heavy atom. The summed E-state index contributed by atoms with van der Waals surface area (Å²) in [5.41, 5.74) is 0. The van der Waals surface area contributed by atoms with Crippen molar-refractivity contribution in [2.45, 2.75) is 26.4 Å². The van der Waals surface area contributed by atoms with Crippen molar-refractivity contribution in [1.82, 2.24) is 0 Å². The van der Waals surface area contributed by atoms with E-state index in [0.29, 0.717) is 13.0 Å². The quantitative estimate of drug-likeness (QED) is 0.606. The first-order valence-corrected chi connectivity index (χ1v) is 7.27. The van der Waals surface area contributed by atoms with Gasteiger partial charge in [0.1, 0.15) is 0 Å². The summed E-state index contributed by atoms with van der Waals surface area (Å²) in [7, 11) is 0. The van der Waals surface area contributed by atoms with Gasteiger partial charge in [-0.2, -0.15) is 0 Å². The summed E-state index contributed by atoms with van der Waals surface area (Å²) >= 11 is 0.132. The van der Waals surface area contributed by atoms with Gasteiger partial charge in [-0.3, -0.25) is 0 Å². The number of ketones is 1. The zero-order valence-corrected chi connectivity index (χ0v) is 11.8. The minimum absolute atomic E-state index is 0.116. The van der Waals surface area contributed by atoms with Crippen molar-refractivity contribution in [1.29, 1.82) is 0 Å². The molecule has 1 aromatic carbocycles. The van der Waals surface area contributed by atoms with Crippen molar-refractivity contribution in [2.75, 3.05) is 6.61 Å². The summed E-state index contributed by atoms with van der Waals surface area (Å²) in [4.78, 5) is 14.1. The topological polar surface area (TPSA) is 26.3 Å². The molecule has 17 heavy (non-hydrogen) atoms. The summed E-state index contributed by atoms with van der Waals surface area (Å²) in [5, 5.41) is 0. The second-order valence-corrected chi connectivity index (χ2v) is 5.36. The van der Waals surface area contributed by atoms with Gasteiger partial charge in [0.2, 0.25) is 0 Å². The fraction of sp³-hybridized carbons (Fsp3) is 0.357. The third-order valence-corrected chi connectivity index (χ3v) is 3.50. The van der Waals surface area contributed by atoms with Gasteiger partial charge in [-0.05, 0) is 0 Å². The summed E-state index contributed by atoms with van der Waals surface area (Å²) in [5.74, 6) is 3.15. The number of carbonyl (C=O) groups excluding carboxylic acids is 1. The third kappa shape index (κ3) is 6.28. The van der Waals surface area contributed by atoms with Crippen molar-refractivity contribution >= 4 is 25.2 Å². The van der Waals surface area contributed by atoms with E-state index >= 15 is 0 Å². The average molecular weight is 295 g/mol. The molecule has 0 saturated carbocycles. The third-order valence-electron chi connectivity index (χ3n) is 1.97. The molecule has 2 nitrogen and oxygen atoms in total. The molecule has 1 rings (SSSR count). The molecular weight excluding hydrogens is 279 g/mol. The SMILES string of the molecule is CCOC(C#C[Se]c1ccccc1)CC(C)=O. The molecule has 0 spiro atoms. The zero-order chi connectivity index (χ0) is 12.5. The van der Waals surface area contributed by atoms with E-state index in [4.69, 9.17) is 4.74 Å².